The van der Waals surface area contributed by atoms with Crippen LogP contribution in [0.25, 0.3) is 10.9 Å². The van der Waals surface area contributed by atoms with Crippen LogP contribution in [0.4, 0.5) is 11.4 Å². The molecule has 0 spiro atoms. The second-order valence-corrected chi connectivity index (χ2v) is 5.21. The quantitative estimate of drug-likeness (QED) is 0.606. The number of nitrogens with one attached hydrogen (secondary N) is 2. The fourth-order valence-electron chi connectivity index (χ4n) is 2.50. The highest BCUT2D eigenvalue weighted by Gasteiger charge is 2.15. The van der Waals surface area contributed by atoms with Crippen LogP contribution in [0.15, 0.2) is 23.3 Å². The van der Waals surface area contributed by atoms with Gasteiger partial charge >= 0.3 is 0 Å². The molecule has 114 valence electrons. The van der Waals surface area contributed by atoms with Crippen LogP contribution in [0.5, 0.6) is 0 Å². The van der Waals surface area contributed by atoms with Crippen LogP contribution < -0.4 is 16.6 Å². The zero-order chi connectivity index (χ0) is 15.4. The fraction of sp³-hybridized carbons (Fsp3) is 0.467. The zero-order valence-corrected chi connectivity index (χ0v) is 12.4. The van der Waals surface area contributed by atoms with Gasteiger partial charge in [-0.25, -0.2) is 4.98 Å². The monoisotopic (exact) mass is 290 g/mol. The molecule has 0 saturated heterocycles. The molecule has 0 aliphatic heterocycles. The van der Waals surface area contributed by atoms with Crippen molar-refractivity contribution in [2.24, 2.45) is 5.92 Å². The Labute approximate surface area is 123 Å². The van der Waals surface area contributed by atoms with Crippen molar-refractivity contribution in [3.05, 3.63) is 28.8 Å². The lowest BCUT2D eigenvalue weighted by Crippen LogP contribution is -2.28. The fourth-order valence-corrected chi connectivity index (χ4v) is 2.50. The molecule has 6 nitrogen and oxygen atoms in total. The van der Waals surface area contributed by atoms with E-state index in [4.69, 9.17) is 5.73 Å². The summed E-state index contributed by atoms with van der Waals surface area (Å²) in [4.78, 5) is 18.3. The molecule has 0 saturated carbocycles. The summed E-state index contributed by atoms with van der Waals surface area (Å²) in [6.45, 7) is 4.56. The lowest BCUT2D eigenvalue weighted by atomic mass is 9.96. The summed E-state index contributed by atoms with van der Waals surface area (Å²) in [5, 5.41) is 13.8. The largest absolute Gasteiger partial charge is 0.397 e. The van der Waals surface area contributed by atoms with Crippen molar-refractivity contribution in [3.8, 4) is 0 Å². The number of fused-ring (bicyclic) bond motifs is 1. The van der Waals surface area contributed by atoms with E-state index in [1.165, 1.54) is 6.33 Å². The summed E-state index contributed by atoms with van der Waals surface area (Å²) in [6, 6.07) is 3.34. The van der Waals surface area contributed by atoms with Gasteiger partial charge in [0.2, 0.25) is 0 Å². The molecule has 2 aromatic rings. The van der Waals surface area contributed by atoms with Crippen molar-refractivity contribution in [2.45, 2.75) is 32.8 Å². The Hall–Kier alpha value is -2.08. The summed E-state index contributed by atoms with van der Waals surface area (Å²) in [5.41, 5.74) is 7.48. The van der Waals surface area contributed by atoms with E-state index >= 15 is 0 Å². The van der Waals surface area contributed by atoms with Gasteiger partial charge in [-0.2, -0.15) is 0 Å². The number of hydrogen-bond acceptors (Lipinski definition) is 5. The number of nitrogens with zero attached hydrogens (tertiary/aromatic N) is 1. The predicted molar refractivity (Wildman–Crippen MR) is 85.3 cm³/mol. The molecule has 0 aliphatic rings. The Kier molecular flexibility index (Phi) is 4.80. The maximum atomic E-state index is 11.7. The predicted octanol–water partition coefficient (Wildman–Crippen LogP) is 1.71. The van der Waals surface area contributed by atoms with Crippen LogP contribution in [0, 0.1) is 5.92 Å². The van der Waals surface area contributed by atoms with Crippen molar-refractivity contribution < 1.29 is 5.11 Å². The van der Waals surface area contributed by atoms with Crippen LogP contribution in [0.3, 0.4) is 0 Å². The molecule has 21 heavy (non-hydrogen) atoms. The molecule has 1 aromatic heterocycles. The SMILES string of the molecule is CCC(CC)C(O)CNc1cc2nc[nH]c(=O)c2cc1N. The minimum Gasteiger partial charge on any atom is -0.397 e. The summed E-state index contributed by atoms with van der Waals surface area (Å²) >= 11 is 0. The smallest absolute Gasteiger partial charge is 0.258 e. The number of H-pyrrole nitrogens is 1. The molecular weight excluding hydrogens is 268 g/mol. The Balaban J connectivity index is 2.19. The molecular formula is C15H22N4O2. The Morgan fingerprint density at radius 3 is 2.76 bits per heavy atom. The first-order chi connectivity index (χ1) is 10.1. The number of aliphatic hydroxyl groups excluding tert-OH is 1. The van der Waals surface area contributed by atoms with E-state index in [1.807, 2.05) is 0 Å². The highest BCUT2D eigenvalue weighted by Crippen LogP contribution is 2.23. The average Bonchev–Trinajstić information content (AvgIpc) is 2.47. The molecule has 2 rings (SSSR count). The third kappa shape index (κ3) is 3.33. The number of aliphatic hydroxyl groups is 1. The summed E-state index contributed by atoms with van der Waals surface area (Å²) < 4.78 is 0. The van der Waals surface area contributed by atoms with Gasteiger partial charge in [0, 0.05) is 6.54 Å². The minimum atomic E-state index is -0.428. The van der Waals surface area contributed by atoms with E-state index in [-0.39, 0.29) is 11.5 Å². The van der Waals surface area contributed by atoms with Gasteiger partial charge < -0.3 is 21.1 Å². The van der Waals surface area contributed by atoms with Gasteiger partial charge in [-0.3, -0.25) is 4.79 Å². The maximum Gasteiger partial charge on any atom is 0.258 e. The normalized spacial score (nSPS) is 12.8. The van der Waals surface area contributed by atoms with Crippen molar-refractivity contribution in [1.29, 1.82) is 0 Å². The van der Waals surface area contributed by atoms with Gasteiger partial charge in [0.15, 0.2) is 0 Å². The van der Waals surface area contributed by atoms with Gasteiger partial charge in [0.25, 0.3) is 5.56 Å². The minimum absolute atomic E-state index is 0.213. The molecule has 6 heteroatoms. The Morgan fingerprint density at radius 1 is 1.38 bits per heavy atom. The molecule has 1 unspecified atom stereocenters. The molecule has 1 heterocycles. The Morgan fingerprint density at radius 2 is 2.10 bits per heavy atom. The number of nitrogen functional groups attached to an aromatic ring is 1. The third-order valence-corrected chi connectivity index (χ3v) is 3.91. The van der Waals surface area contributed by atoms with Crippen LogP contribution in [-0.2, 0) is 0 Å². The number of anilines is 2. The standard InChI is InChI=1S/C15H22N4O2/c1-3-9(4-2)14(20)7-17-13-6-12-10(5-11(13)16)15(21)19-8-18-12/h5-6,8-9,14,17,20H,3-4,7,16H2,1-2H3,(H,18,19,21). The zero-order valence-electron chi connectivity index (χ0n) is 12.4. The maximum absolute atomic E-state index is 11.7. The third-order valence-electron chi connectivity index (χ3n) is 3.91. The molecule has 0 amide bonds. The van der Waals surface area contributed by atoms with E-state index in [0.29, 0.717) is 28.8 Å². The summed E-state index contributed by atoms with van der Waals surface area (Å²) in [6.07, 6.45) is 2.80. The lowest BCUT2D eigenvalue weighted by molar-refractivity contribution is 0.114. The average molecular weight is 290 g/mol. The van der Waals surface area contributed by atoms with E-state index in [9.17, 15) is 9.90 Å². The number of hydrogen-bond donors (Lipinski definition) is 4. The Bertz CT molecular complexity index is 664. The first-order valence-corrected chi connectivity index (χ1v) is 7.25. The summed E-state index contributed by atoms with van der Waals surface area (Å²) in [5.74, 6) is 0.264. The molecule has 0 bridgehead atoms. The van der Waals surface area contributed by atoms with E-state index in [1.54, 1.807) is 12.1 Å². The number of aromatic nitrogens is 2. The van der Waals surface area contributed by atoms with E-state index in [2.05, 4.69) is 29.1 Å². The number of aromatic amines is 1. The molecule has 0 aliphatic carbocycles. The van der Waals surface area contributed by atoms with Crippen molar-refractivity contribution in [1.82, 2.24) is 9.97 Å². The molecule has 5 N–H and O–H groups in total. The second kappa shape index (κ2) is 6.58. The lowest BCUT2D eigenvalue weighted by Gasteiger charge is -2.21. The highest BCUT2D eigenvalue weighted by atomic mass is 16.3. The van der Waals surface area contributed by atoms with Crippen molar-refractivity contribution in [3.63, 3.8) is 0 Å². The first kappa shape index (κ1) is 15.3. The highest BCUT2D eigenvalue weighted by molar-refractivity contribution is 5.88. The first-order valence-electron chi connectivity index (χ1n) is 7.25. The molecule has 0 radical (unpaired) electrons. The van der Waals surface area contributed by atoms with Gasteiger partial charge in [0.05, 0.1) is 34.7 Å². The second-order valence-electron chi connectivity index (χ2n) is 5.21. The van der Waals surface area contributed by atoms with Crippen LogP contribution >= 0.6 is 0 Å². The van der Waals surface area contributed by atoms with Crippen LogP contribution in [0.2, 0.25) is 0 Å². The number of nitrogens with two attached hydrogens (primary N) is 1. The topological polar surface area (TPSA) is 104 Å². The number of rotatable bonds is 6. The molecule has 0 fully saturated rings. The van der Waals surface area contributed by atoms with Gasteiger partial charge in [-0.05, 0) is 18.1 Å². The van der Waals surface area contributed by atoms with E-state index in [0.717, 1.165) is 12.8 Å². The summed E-state index contributed by atoms with van der Waals surface area (Å²) in [7, 11) is 0. The number of benzene rings is 1. The van der Waals surface area contributed by atoms with Crippen LogP contribution in [-0.4, -0.2) is 27.7 Å². The van der Waals surface area contributed by atoms with Crippen molar-refractivity contribution >= 4 is 22.3 Å². The van der Waals surface area contributed by atoms with Crippen molar-refractivity contribution in [2.75, 3.05) is 17.6 Å². The molecule has 1 aromatic carbocycles. The van der Waals surface area contributed by atoms with Crippen LogP contribution in [0.1, 0.15) is 26.7 Å². The van der Waals surface area contributed by atoms with Gasteiger partial charge in [0.1, 0.15) is 0 Å². The van der Waals surface area contributed by atoms with E-state index < -0.39 is 6.10 Å². The van der Waals surface area contributed by atoms with Gasteiger partial charge in [-0.1, -0.05) is 26.7 Å². The molecule has 1 atom stereocenters. The van der Waals surface area contributed by atoms with Gasteiger partial charge in [-0.15, -0.1) is 0 Å².